The van der Waals surface area contributed by atoms with Crippen molar-refractivity contribution in [3.63, 3.8) is 0 Å². The molecule has 0 heterocycles. The standard InChI is InChI=1S/C53H94O6/c1-4-7-10-13-16-19-22-24-26-28-31-34-37-40-43-46-52(55)58-49-50(48-57-51(54)45-42-39-36-33-30-21-18-15-12-9-6-3)59-53(56)47-44-41-38-35-32-29-27-25-23-20-17-14-11-8-5-2/h7,10,15-16,18-19,24,26,50H,4-6,8-9,11-14,17,20-23,25,27-49H2,1-3H3/b10-7-,18-15-,19-16-,26-24-/t50-/m0/s1. The van der Waals surface area contributed by atoms with Crippen LogP contribution in [0.4, 0.5) is 0 Å². The molecule has 6 heteroatoms. The van der Waals surface area contributed by atoms with E-state index < -0.39 is 6.10 Å². The predicted molar refractivity (Wildman–Crippen MR) is 252 cm³/mol. The van der Waals surface area contributed by atoms with Gasteiger partial charge < -0.3 is 14.2 Å². The first-order valence-electron chi connectivity index (χ1n) is 25.1. The number of ether oxygens (including phenoxy) is 3. The fourth-order valence-corrected chi connectivity index (χ4v) is 7.03. The zero-order valence-corrected chi connectivity index (χ0v) is 39.0. The second-order valence-electron chi connectivity index (χ2n) is 16.7. The number of unbranched alkanes of at least 4 members (excludes halogenated alkanes) is 26. The van der Waals surface area contributed by atoms with Crippen molar-refractivity contribution in [1.82, 2.24) is 0 Å². The smallest absolute Gasteiger partial charge is 0.306 e. The molecule has 342 valence electrons. The molecule has 0 aliphatic carbocycles. The first-order chi connectivity index (χ1) is 29.0. The Hall–Kier alpha value is -2.63. The summed E-state index contributed by atoms with van der Waals surface area (Å²) in [6.45, 7) is 6.48. The van der Waals surface area contributed by atoms with E-state index in [9.17, 15) is 14.4 Å². The number of hydrogen-bond acceptors (Lipinski definition) is 6. The quantitative estimate of drug-likeness (QED) is 0.0263. The van der Waals surface area contributed by atoms with Crippen LogP contribution in [0.25, 0.3) is 0 Å². The van der Waals surface area contributed by atoms with Gasteiger partial charge in [-0.15, -0.1) is 0 Å². The highest BCUT2D eigenvalue weighted by atomic mass is 16.6. The molecule has 0 amide bonds. The van der Waals surface area contributed by atoms with Crippen molar-refractivity contribution in [2.45, 2.75) is 258 Å². The Labute approximate surface area is 365 Å². The van der Waals surface area contributed by atoms with Crippen LogP contribution in [0.5, 0.6) is 0 Å². The van der Waals surface area contributed by atoms with Crippen LogP contribution >= 0.6 is 0 Å². The highest BCUT2D eigenvalue weighted by Gasteiger charge is 2.19. The van der Waals surface area contributed by atoms with Gasteiger partial charge in [0.25, 0.3) is 0 Å². The van der Waals surface area contributed by atoms with Gasteiger partial charge in [0.05, 0.1) is 0 Å². The Morgan fingerprint density at radius 3 is 1.10 bits per heavy atom. The highest BCUT2D eigenvalue weighted by molar-refractivity contribution is 5.71. The molecule has 0 spiro atoms. The summed E-state index contributed by atoms with van der Waals surface area (Å²) in [6, 6.07) is 0. The second-order valence-corrected chi connectivity index (χ2v) is 16.7. The van der Waals surface area contributed by atoms with Crippen molar-refractivity contribution in [3.8, 4) is 0 Å². The number of carbonyl (C=O) groups is 3. The molecule has 0 aromatic rings. The number of allylic oxidation sites excluding steroid dienone is 8. The Bertz CT molecular complexity index is 1040. The summed E-state index contributed by atoms with van der Waals surface area (Å²) in [6.07, 6.45) is 56.6. The normalized spacial score (nSPS) is 12.4. The lowest BCUT2D eigenvalue weighted by molar-refractivity contribution is -0.167. The van der Waals surface area contributed by atoms with Gasteiger partial charge in [0.1, 0.15) is 13.2 Å². The lowest BCUT2D eigenvalue weighted by Gasteiger charge is -2.18. The van der Waals surface area contributed by atoms with Crippen molar-refractivity contribution in [3.05, 3.63) is 48.6 Å². The van der Waals surface area contributed by atoms with Crippen LogP contribution in [0.1, 0.15) is 252 Å². The van der Waals surface area contributed by atoms with Crippen LogP contribution < -0.4 is 0 Å². The van der Waals surface area contributed by atoms with Crippen LogP contribution in [-0.2, 0) is 28.6 Å². The van der Waals surface area contributed by atoms with E-state index >= 15 is 0 Å². The molecule has 0 bridgehead atoms. The molecule has 0 rings (SSSR count). The molecular formula is C53H94O6. The van der Waals surface area contributed by atoms with E-state index in [0.717, 1.165) is 103 Å². The minimum atomic E-state index is -0.779. The van der Waals surface area contributed by atoms with Gasteiger partial charge in [-0.3, -0.25) is 14.4 Å². The van der Waals surface area contributed by atoms with Gasteiger partial charge in [-0.25, -0.2) is 0 Å². The van der Waals surface area contributed by atoms with Crippen LogP contribution in [0, 0.1) is 0 Å². The summed E-state index contributed by atoms with van der Waals surface area (Å²) in [5.74, 6) is -0.901. The minimum absolute atomic E-state index is 0.0812. The lowest BCUT2D eigenvalue weighted by Crippen LogP contribution is -2.30. The molecule has 0 aromatic carbocycles. The molecule has 0 aliphatic heterocycles. The monoisotopic (exact) mass is 827 g/mol. The van der Waals surface area contributed by atoms with Gasteiger partial charge in [-0.05, 0) is 70.6 Å². The number of carbonyl (C=O) groups excluding carboxylic acids is 3. The lowest BCUT2D eigenvalue weighted by atomic mass is 10.0. The first-order valence-corrected chi connectivity index (χ1v) is 25.1. The van der Waals surface area contributed by atoms with Gasteiger partial charge >= 0.3 is 17.9 Å². The van der Waals surface area contributed by atoms with E-state index in [2.05, 4.69) is 69.4 Å². The molecule has 0 aromatic heterocycles. The topological polar surface area (TPSA) is 78.9 Å². The molecule has 0 unspecified atom stereocenters. The molecule has 0 N–H and O–H groups in total. The molecule has 0 fully saturated rings. The zero-order chi connectivity index (χ0) is 43.0. The minimum Gasteiger partial charge on any atom is -0.462 e. The fraction of sp³-hybridized carbons (Fsp3) is 0.792. The summed E-state index contributed by atoms with van der Waals surface area (Å²) in [4.78, 5) is 37.9. The van der Waals surface area contributed by atoms with E-state index in [0.29, 0.717) is 19.3 Å². The van der Waals surface area contributed by atoms with E-state index in [1.807, 2.05) is 0 Å². The summed E-state index contributed by atoms with van der Waals surface area (Å²) < 4.78 is 16.8. The molecule has 0 radical (unpaired) electrons. The Morgan fingerprint density at radius 1 is 0.356 bits per heavy atom. The number of esters is 3. The van der Waals surface area contributed by atoms with Crippen LogP contribution in [0.3, 0.4) is 0 Å². The maximum atomic E-state index is 12.8. The van der Waals surface area contributed by atoms with Crippen LogP contribution in [-0.4, -0.2) is 37.2 Å². The average molecular weight is 827 g/mol. The van der Waals surface area contributed by atoms with E-state index in [-0.39, 0.29) is 31.1 Å². The average Bonchev–Trinajstić information content (AvgIpc) is 3.23. The third kappa shape index (κ3) is 46.3. The van der Waals surface area contributed by atoms with Gasteiger partial charge in [0.2, 0.25) is 0 Å². The summed E-state index contributed by atoms with van der Waals surface area (Å²) in [5.41, 5.74) is 0. The molecular weight excluding hydrogens is 733 g/mol. The molecule has 6 nitrogen and oxygen atoms in total. The maximum Gasteiger partial charge on any atom is 0.306 e. The Morgan fingerprint density at radius 2 is 0.678 bits per heavy atom. The van der Waals surface area contributed by atoms with Crippen molar-refractivity contribution in [2.75, 3.05) is 13.2 Å². The van der Waals surface area contributed by atoms with Crippen molar-refractivity contribution < 1.29 is 28.6 Å². The van der Waals surface area contributed by atoms with Gasteiger partial charge in [-0.2, -0.15) is 0 Å². The van der Waals surface area contributed by atoms with Crippen molar-refractivity contribution in [2.24, 2.45) is 0 Å². The van der Waals surface area contributed by atoms with E-state index in [4.69, 9.17) is 14.2 Å². The van der Waals surface area contributed by atoms with Gasteiger partial charge in [0.15, 0.2) is 6.10 Å². The van der Waals surface area contributed by atoms with E-state index in [1.54, 1.807) is 0 Å². The van der Waals surface area contributed by atoms with Gasteiger partial charge in [-0.1, -0.05) is 211 Å². The number of rotatable bonds is 45. The maximum absolute atomic E-state index is 12.8. The predicted octanol–water partition coefficient (Wildman–Crippen LogP) is 16.3. The highest BCUT2D eigenvalue weighted by Crippen LogP contribution is 2.15. The molecule has 59 heavy (non-hydrogen) atoms. The van der Waals surface area contributed by atoms with Crippen molar-refractivity contribution >= 4 is 17.9 Å². The summed E-state index contributed by atoms with van der Waals surface area (Å²) >= 11 is 0. The summed E-state index contributed by atoms with van der Waals surface area (Å²) in [5, 5.41) is 0. The Balaban J connectivity index is 4.38. The largest absolute Gasteiger partial charge is 0.462 e. The first kappa shape index (κ1) is 56.4. The van der Waals surface area contributed by atoms with Crippen LogP contribution in [0.2, 0.25) is 0 Å². The third-order valence-electron chi connectivity index (χ3n) is 10.8. The molecule has 1 atom stereocenters. The molecule has 0 saturated carbocycles. The Kier molecular flexibility index (Phi) is 45.9. The number of hydrogen-bond donors (Lipinski definition) is 0. The van der Waals surface area contributed by atoms with Crippen molar-refractivity contribution in [1.29, 1.82) is 0 Å². The summed E-state index contributed by atoms with van der Waals surface area (Å²) in [7, 11) is 0. The molecule has 0 aliphatic rings. The fourth-order valence-electron chi connectivity index (χ4n) is 7.03. The third-order valence-corrected chi connectivity index (χ3v) is 10.8. The van der Waals surface area contributed by atoms with E-state index in [1.165, 1.54) is 109 Å². The SMILES string of the molecule is CC/C=C\C/C=C\C/C=C\CCCCCCCC(=O)OC[C@H](COC(=O)CCCCCCC/C=C\CCCC)OC(=O)CCCCCCCCCCCCCCCCC. The van der Waals surface area contributed by atoms with Crippen LogP contribution in [0.15, 0.2) is 48.6 Å². The molecule has 0 saturated heterocycles. The van der Waals surface area contributed by atoms with Gasteiger partial charge in [0, 0.05) is 19.3 Å². The second kappa shape index (κ2) is 48.0. The zero-order valence-electron chi connectivity index (χ0n) is 39.0.